The molecule has 1 saturated heterocycles. The van der Waals surface area contributed by atoms with Crippen LogP contribution in [0.4, 0.5) is 14.5 Å². The van der Waals surface area contributed by atoms with Gasteiger partial charge in [-0.2, -0.15) is 0 Å². The quantitative estimate of drug-likeness (QED) is 0.598. The molecule has 3 rings (SSSR count). The molecule has 0 amide bonds. The molecule has 1 aromatic rings. The molecule has 2 N–H and O–H groups in total. The molecule has 156 valence electrons. The molecule has 1 heterocycles. The molecule has 0 spiro atoms. The third kappa shape index (κ3) is 5.02. The SMILES string of the molecule is CC(C)COC(=O)[C@@H]1CC[C@@H](N2CCC(c3ccc(N)cc3F)CC2)[C@@H](F)C1. The van der Waals surface area contributed by atoms with Crippen molar-refractivity contribution in [3.05, 3.63) is 29.6 Å². The molecule has 0 radical (unpaired) electrons. The van der Waals surface area contributed by atoms with Crippen molar-refractivity contribution < 1.29 is 18.3 Å². The Hall–Kier alpha value is -1.69. The van der Waals surface area contributed by atoms with Crippen molar-refractivity contribution >= 4 is 11.7 Å². The maximum Gasteiger partial charge on any atom is 0.309 e. The van der Waals surface area contributed by atoms with Gasteiger partial charge in [-0.1, -0.05) is 19.9 Å². The van der Waals surface area contributed by atoms with E-state index in [1.54, 1.807) is 12.1 Å². The second-order valence-corrected chi connectivity index (χ2v) is 8.71. The van der Waals surface area contributed by atoms with E-state index in [0.29, 0.717) is 30.7 Å². The number of piperidine rings is 1. The number of alkyl halides is 1. The molecular formula is C22H32F2N2O2. The Balaban J connectivity index is 1.50. The van der Waals surface area contributed by atoms with Crippen molar-refractivity contribution in [3.8, 4) is 0 Å². The van der Waals surface area contributed by atoms with E-state index >= 15 is 0 Å². The number of benzene rings is 1. The van der Waals surface area contributed by atoms with Crippen LogP contribution < -0.4 is 5.73 Å². The minimum absolute atomic E-state index is 0.147. The monoisotopic (exact) mass is 394 g/mol. The first-order valence-electron chi connectivity index (χ1n) is 10.4. The Morgan fingerprint density at radius 1 is 1.25 bits per heavy atom. The van der Waals surface area contributed by atoms with Crippen LogP contribution in [0, 0.1) is 17.7 Å². The Bertz CT molecular complexity index is 675. The van der Waals surface area contributed by atoms with Crippen molar-refractivity contribution in [2.75, 3.05) is 25.4 Å². The van der Waals surface area contributed by atoms with Crippen LogP contribution in [-0.4, -0.2) is 42.8 Å². The summed E-state index contributed by atoms with van der Waals surface area (Å²) in [6.45, 7) is 5.87. The van der Waals surface area contributed by atoms with Gasteiger partial charge in [0.25, 0.3) is 0 Å². The number of nitrogens with two attached hydrogens (primary N) is 1. The van der Waals surface area contributed by atoms with Crippen LogP contribution in [0.1, 0.15) is 57.4 Å². The maximum absolute atomic E-state index is 14.8. The third-order valence-electron chi connectivity index (χ3n) is 6.09. The van der Waals surface area contributed by atoms with E-state index in [2.05, 4.69) is 4.90 Å². The highest BCUT2D eigenvalue weighted by molar-refractivity contribution is 5.72. The molecule has 4 nitrogen and oxygen atoms in total. The number of anilines is 1. The van der Waals surface area contributed by atoms with Gasteiger partial charge in [0.05, 0.1) is 12.5 Å². The molecule has 2 fully saturated rings. The van der Waals surface area contributed by atoms with Gasteiger partial charge in [-0.3, -0.25) is 9.69 Å². The lowest BCUT2D eigenvalue weighted by atomic mass is 9.82. The largest absolute Gasteiger partial charge is 0.465 e. The average molecular weight is 395 g/mol. The van der Waals surface area contributed by atoms with Gasteiger partial charge in [-0.15, -0.1) is 0 Å². The Kier molecular flexibility index (Phi) is 6.91. The minimum Gasteiger partial charge on any atom is -0.465 e. The summed E-state index contributed by atoms with van der Waals surface area (Å²) in [5.41, 5.74) is 6.78. The van der Waals surface area contributed by atoms with E-state index in [0.717, 1.165) is 25.9 Å². The molecule has 1 aromatic carbocycles. The van der Waals surface area contributed by atoms with Crippen molar-refractivity contribution in [2.45, 2.75) is 64.1 Å². The van der Waals surface area contributed by atoms with Crippen LogP contribution >= 0.6 is 0 Å². The number of likely N-dealkylation sites (tertiary alicyclic amines) is 1. The fourth-order valence-electron chi connectivity index (χ4n) is 4.51. The molecule has 1 aliphatic heterocycles. The first kappa shape index (κ1) is 21.0. The Labute approximate surface area is 166 Å². The van der Waals surface area contributed by atoms with Crippen LogP contribution in [0.3, 0.4) is 0 Å². The van der Waals surface area contributed by atoms with Crippen LogP contribution in [-0.2, 0) is 9.53 Å². The fourth-order valence-corrected chi connectivity index (χ4v) is 4.51. The van der Waals surface area contributed by atoms with Crippen LogP contribution in [0.2, 0.25) is 0 Å². The summed E-state index contributed by atoms with van der Waals surface area (Å²) < 4.78 is 34.3. The third-order valence-corrected chi connectivity index (χ3v) is 6.09. The number of esters is 1. The summed E-state index contributed by atoms with van der Waals surface area (Å²) in [6, 6.07) is 4.74. The normalized spacial score (nSPS) is 27.1. The van der Waals surface area contributed by atoms with Crippen LogP contribution in [0.15, 0.2) is 18.2 Å². The van der Waals surface area contributed by atoms with Gasteiger partial charge in [0, 0.05) is 11.7 Å². The molecule has 1 saturated carbocycles. The highest BCUT2D eigenvalue weighted by Crippen LogP contribution is 2.36. The molecule has 3 atom stereocenters. The van der Waals surface area contributed by atoms with Gasteiger partial charge in [0.2, 0.25) is 0 Å². The van der Waals surface area contributed by atoms with E-state index in [-0.39, 0.29) is 42.0 Å². The van der Waals surface area contributed by atoms with E-state index < -0.39 is 6.17 Å². The number of nitrogens with zero attached hydrogens (tertiary/aromatic N) is 1. The second kappa shape index (κ2) is 9.21. The molecule has 2 aliphatic rings. The fraction of sp³-hybridized carbons (Fsp3) is 0.682. The van der Waals surface area contributed by atoms with Crippen molar-refractivity contribution in [1.82, 2.24) is 4.90 Å². The topological polar surface area (TPSA) is 55.6 Å². The lowest BCUT2D eigenvalue weighted by Crippen LogP contribution is -2.49. The zero-order valence-electron chi connectivity index (χ0n) is 16.9. The summed E-state index contributed by atoms with van der Waals surface area (Å²) >= 11 is 0. The Morgan fingerprint density at radius 3 is 2.57 bits per heavy atom. The van der Waals surface area contributed by atoms with E-state index in [1.807, 2.05) is 13.8 Å². The number of rotatable bonds is 5. The minimum atomic E-state index is -1.02. The van der Waals surface area contributed by atoms with Gasteiger partial charge in [0.1, 0.15) is 12.0 Å². The van der Waals surface area contributed by atoms with Gasteiger partial charge < -0.3 is 10.5 Å². The zero-order valence-corrected chi connectivity index (χ0v) is 16.9. The smallest absolute Gasteiger partial charge is 0.309 e. The van der Waals surface area contributed by atoms with E-state index in [1.165, 1.54) is 6.07 Å². The first-order valence-corrected chi connectivity index (χ1v) is 10.4. The number of hydrogen-bond donors (Lipinski definition) is 1. The maximum atomic E-state index is 14.8. The summed E-state index contributed by atoms with van der Waals surface area (Å²) in [4.78, 5) is 14.3. The number of nitrogen functional groups attached to an aromatic ring is 1. The predicted octanol–water partition coefficient (Wildman–Crippen LogP) is 4.29. The molecular weight excluding hydrogens is 362 g/mol. The lowest BCUT2D eigenvalue weighted by Gasteiger charge is -2.42. The van der Waals surface area contributed by atoms with E-state index in [4.69, 9.17) is 10.5 Å². The Morgan fingerprint density at radius 2 is 1.96 bits per heavy atom. The van der Waals surface area contributed by atoms with Crippen molar-refractivity contribution in [1.29, 1.82) is 0 Å². The number of carbonyl (C=O) groups excluding carboxylic acids is 1. The molecule has 0 bridgehead atoms. The van der Waals surface area contributed by atoms with Gasteiger partial charge in [0.15, 0.2) is 0 Å². The van der Waals surface area contributed by atoms with Crippen LogP contribution in [0.5, 0.6) is 0 Å². The van der Waals surface area contributed by atoms with Gasteiger partial charge in [-0.25, -0.2) is 8.78 Å². The van der Waals surface area contributed by atoms with Crippen molar-refractivity contribution in [3.63, 3.8) is 0 Å². The summed E-state index contributed by atoms with van der Waals surface area (Å²) in [5, 5.41) is 0. The number of ether oxygens (including phenoxy) is 1. The van der Waals surface area contributed by atoms with Gasteiger partial charge in [-0.05, 0) is 74.7 Å². The highest BCUT2D eigenvalue weighted by Gasteiger charge is 2.39. The molecule has 0 aromatic heterocycles. The lowest BCUT2D eigenvalue weighted by molar-refractivity contribution is -0.152. The first-order chi connectivity index (χ1) is 13.3. The van der Waals surface area contributed by atoms with E-state index in [9.17, 15) is 13.6 Å². The average Bonchev–Trinajstić information content (AvgIpc) is 2.66. The highest BCUT2D eigenvalue weighted by atomic mass is 19.1. The standard InChI is InChI=1S/C22H32F2N2O2/c1-14(2)13-28-22(27)16-3-6-21(20(24)11-16)26-9-7-15(8-10-26)18-5-4-17(25)12-19(18)23/h4-5,12,14-16,20-21H,3,6-11,13,25H2,1-2H3/t16-,20+,21-/m1/s1. The summed E-state index contributed by atoms with van der Waals surface area (Å²) in [6.07, 6.45) is 2.19. The number of hydrogen-bond acceptors (Lipinski definition) is 4. The number of carbonyl (C=O) groups is 1. The molecule has 0 unspecified atom stereocenters. The number of halogens is 2. The zero-order chi connectivity index (χ0) is 20.3. The van der Waals surface area contributed by atoms with Crippen molar-refractivity contribution in [2.24, 2.45) is 11.8 Å². The summed E-state index contributed by atoms with van der Waals surface area (Å²) in [5.74, 6) is -0.396. The second-order valence-electron chi connectivity index (χ2n) is 8.71. The molecule has 1 aliphatic carbocycles. The van der Waals surface area contributed by atoms with Crippen LogP contribution in [0.25, 0.3) is 0 Å². The summed E-state index contributed by atoms with van der Waals surface area (Å²) in [7, 11) is 0. The predicted molar refractivity (Wildman–Crippen MR) is 106 cm³/mol. The molecule has 6 heteroatoms. The van der Waals surface area contributed by atoms with Gasteiger partial charge >= 0.3 is 5.97 Å². The molecule has 28 heavy (non-hydrogen) atoms.